The van der Waals surface area contributed by atoms with E-state index in [1.54, 1.807) is 13.1 Å². The predicted molar refractivity (Wildman–Crippen MR) is 118 cm³/mol. The van der Waals surface area contributed by atoms with Crippen LogP contribution in [0.15, 0.2) is 66.1 Å². The Morgan fingerprint density at radius 2 is 1.71 bits per heavy atom. The Bertz CT molecular complexity index is 1480. The lowest BCUT2D eigenvalue weighted by molar-refractivity contribution is -0.137. The van der Waals surface area contributed by atoms with Crippen LogP contribution in [-0.4, -0.2) is 33.7 Å². The summed E-state index contributed by atoms with van der Waals surface area (Å²) in [6, 6.07) is 8.00. The molecule has 0 saturated heterocycles. The Hall–Kier alpha value is -3.60. The maximum absolute atomic E-state index is 13.7. The van der Waals surface area contributed by atoms with Gasteiger partial charge in [0.1, 0.15) is 11.5 Å². The number of nitrogens with zero attached hydrogens (tertiary/aromatic N) is 4. The van der Waals surface area contributed by atoms with E-state index in [-0.39, 0.29) is 27.7 Å². The maximum Gasteiger partial charge on any atom is 0.417 e. The van der Waals surface area contributed by atoms with Gasteiger partial charge in [-0.15, -0.1) is 0 Å². The Labute approximate surface area is 192 Å². The van der Waals surface area contributed by atoms with Crippen molar-refractivity contribution < 1.29 is 26.0 Å². The largest absolute Gasteiger partial charge is 0.417 e. The van der Waals surface area contributed by atoms with E-state index >= 15 is 0 Å². The average molecular weight is 490 g/mol. The van der Waals surface area contributed by atoms with Gasteiger partial charge in [0.25, 0.3) is 0 Å². The third-order valence-corrected chi connectivity index (χ3v) is 7.03. The van der Waals surface area contributed by atoms with Crippen LogP contribution in [-0.2, 0) is 23.1 Å². The molecule has 0 amide bonds. The summed E-state index contributed by atoms with van der Waals surface area (Å²) >= 11 is 0. The standard InChI is InChI=1S/C23H18F4N4O2S/c1-3-34(32,33)20-9-15(14-5-4-6-18(24)8-14)11-29-21(20)22-30-13-19(31(22)2)16-7-17(12-28-10-16)23(25,26)27/h4-13H,3H2,1-2H3. The number of benzene rings is 1. The summed E-state index contributed by atoms with van der Waals surface area (Å²) in [6.45, 7) is 1.48. The van der Waals surface area contributed by atoms with Crippen molar-refractivity contribution in [2.45, 2.75) is 18.0 Å². The predicted octanol–water partition coefficient (Wildman–Crippen LogP) is 5.16. The van der Waals surface area contributed by atoms with Crippen LogP contribution in [0.4, 0.5) is 17.6 Å². The second-order valence-electron chi connectivity index (χ2n) is 7.47. The van der Waals surface area contributed by atoms with Crippen LogP contribution in [0.2, 0.25) is 0 Å². The summed E-state index contributed by atoms with van der Waals surface area (Å²) in [7, 11) is -2.24. The molecule has 1 aromatic carbocycles. The highest BCUT2D eigenvalue weighted by atomic mass is 32.2. The van der Waals surface area contributed by atoms with Crippen molar-refractivity contribution >= 4 is 9.84 Å². The molecule has 3 heterocycles. The lowest BCUT2D eigenvalue weighted by atomic mass is 10.1. The fourth-order valence-electron chi connectivity index (χ4n) is 3.46. The number of hydrogen-bond donors (Lipinski definition) is 0. The Morgan fingerprint density at radius 1 is 0.941 bits per heavy atom. The van der Waals surface area contributed by atoms with E-state index in [0.717, 1.165) is 12.3 Å². The van der Waals surface area contributed by atoms with Gasteiger partial charge in [-0.1, -0.05) is 19.1 Å². The number of sulfone groups is 1. The molecule has 34 heavy (non-hydrogen) atoms. The van der Waals surface area contributed by atoms with E-state index in [2.05, 4.69) is 15.0 Å². The highest BCUT2D eigenvalue weighted by molar-refractivity contribution is 7.91. The molecule has 176 valence electrons. The van der Waals surface area contributed by atoms with E-state index in [0.29, 0.717) is 16.8 Å². The van der Waals surface area contributed by atoms with Crippen LogP contribution in [0, 0.1) is 5.82 Å². The first-order valence-corrected chi connectivity index (χ1v) is 11.7. The van der Waals surface area contributed by atoms with Crippen LogP contribution < -0.4 is 0 Å². The number of pyridine rings is 2. The number of rotatable bonds is 5. The zero-order valence-corrected chi connectivity index (χ0v) is 18.8. The molecule has 0 N–H and O–H groups in total. The third kappa shape index (κ3) is 4.43. The summed E-state index contributed by atoms with van der Waals surface area (Å²) in [5.41, 5.74) is 0.418. The topological polar surface area (TPSA) is 77.7 Å². The normalized spacial score (nSPS) is 12.2. The summed E-state index contributed by atoms with van der Waals surface area (Å²) in [4.78, 5) is 12.1. The molecule has 0 unspecified atom stereocenters. The number of halogens is 4. The van der Waals surface area contributed by atoms with Crippen molar-refractivity contribution in [3.63, 3.8) is 0 Å². The molecular formula is C23H18F4N4O2S. The second-order valence-corrected chi connectivity index (χ2v) is 9.72. The van der Waals surface area contributed by atoms with Crippen LogP contribution in [0.1, 0.15) is 12.5 Å². The first-order valence-electron chi connectivity index (χ1n) is 10.0. The van der Waals surface area contributed by atoms with E-state index in [1.165, 1.54) is 54.3 Å². The lowest BCUT2D eigenvalue weighted by Crippen LogP contribution is -2.09. The maximum atomic E-state index is 13.7. The minimum Gasteiger partial charge on any atom is -0.326 e. The molecule has 4 rings (SSSR count). The molecule has 0 aliphatic rings. The minimum absolute atomic E-state index is 0.0377. The van der Waals surface area contributed by atoms with Gasteiger partial charge in [0.05, 0.1) is 28.1 Å². The molecule has 4 aromatic rings. The van der Waals surface area contributed by atoms with Crippen LogP contribution in [0.25, 0.3) is 33.9 Å². The van der Waals surface area contributed by atoms with E-state index in [4.69, 9.17) is 0 Å². The van der Waals surface area contributed by atoms with Gasteiger partial charge >= 0.3 is 6.18 Å². The average Bonchev–Trinajstić information content (AvgIpc) is 3.19. The molecule has 0 fully saturated rings. The van der Waals surface area contributed by atoms with Crippen molar-refractivity contribution in [3.05, 3.63) is 72.6 Å². The number of aromatic nitrogens is 4. The molecular weight excluding hydrogens is 472 g/mol. The van der Waals surface area contributed by atoms with Gasteiger partial charge in [-0.05, 0) is 29.8 Å². The van der Waals surface area contributed by atoms with Gasteiger partial charge in [-0.25, -0.2) is 17.8 Å². The van der Waals surface area contributed by atoms with Crippen molar-refractivity contribution in [1.29, 1.82) is 0 Å². The highest BCUT2D eigenvalue weighted by Crippen LogP contribution is 2.34. The van der Waals surface area contributed by atoms with Crippen molar-refractivity contribution in [1.82, 2.24) is 19.5 Å². The number of imidazole rings is 1. The molecule has 0 radical (unpaired) electrons. The third-order valence-electron chi connectivity index (χ3n) is 5.29. The van der Waals surface area contributed by atoms with Crippen molar-refractivity contribution in [2.24, 2.45) is 7.05 Å². The minimum atomic E-state index is -4.57. The van der Waals surface area contributed by atoms with Crippen LogP contribution >= 0.6 is 0 Å². The fraction of sp³-hybridized carbons (Fsp3) is 0.174. The van der Waals surface area contributed by atoms with Gasteiger partial charge < -0.3 is 4.57 Å². The monoisotopic (exact) mass is 490 g/mol. The van der Waals surface area contributed by atoms with E-state index < -0.39 is 27.4 Å². The van der Waals surface area contributed by atoms with Crippen molar-refractivity contribution in [2.75, 3.05) is 5.75 Å². The Morgan fingerprint density at radius 3 is 2.38 bits per heavy atom. The molecule has 0 saturated carbocycles. The van der Waals surface area contributed by atoms with Crippen molar-refractivity contribution in [3.8, 4) is 33.9 Å². The Balaban J connectivity index is 1.87. The molecule has 0 spiro atoms. The molecule has 0 bridgehead atoms. The molecule has 0 aliphatic carbocycles. The summed E-state index contributed by atoms with van der Waals surface area (Å²) in [5.74, 6) is -0.557. The van der Waals surface area contributed by atoms with Crippen LogP contribution in [0.3, 0.4) is 0 Å². The Kier molecular flexibility index (Phi) is 5.98. The molecule has 11 heteroatoms. The molecule has 3 aromatic heterocycles. The van der Waals surface area contributed by atoms with Gasteiger partial charge in [0.15, 0.2) is 15.7 Å². The summed E-state index contributed by atoms with van der Waals surface area (Å²) < 4.78 is 80.3. The molecule has 0 aliphatic heterocycles. The molecule has 0 atom stereocenters. The number of hydrogen-bond acceptors (Lipinski definition) is 5. The van der Waals surface area contributed by atoms with E-state index in [1.807, 2.05) is 0 Å². The fourth-order valence-corrected chi connectivity index (χ4v) is 4.52. The quantitative estimate of drug-likeness (QED) is 0.361. The lowest BCUT2D eigenvalue weighted by Gasteiger charge is -2.13. The zero-order chi connectivity index (χ0) is 24.7. The number of alkyl halides is 3. The first-order chi connectivity index (χ1) is 16.0. The summed E-state index contributed by atoms with van der Waals surface area (Å²) in [5, 5.41) is 0. The van der Waals surface area contributed by atoms with Crippen LogP contribution in [0.5, 0.6) is 0 Å². The zero-order valence-electron chi connectivity index (χ0n) is 18.0. The van der Waals surface area contributed by atoms with Gasteiger partial charge in [0, 0.05) is 36.8 Å². The van der Waals surface area contributed by atoms with Gasteiger partial charge in [-0.2, -0.15) is 13.2 Å². The molecule has 6 nitrogen and oxygen atoms in total. The first kappa shape index (κ1) is 23.6. The summed E-state index contributed by atoms with van der Waals surface area (Å²) in [6.07, 6.45) is 0.150. The second kappa shape index (κ2) is 8.64. The van der Waals surface area contributed by atoms with E-state index in [9.17, 15) is 26.0 Å². The van der Waals surface area contributed by atoms with Gasteiger partial charge in [-0.3, -0.25) is 9.97 Å². The van der Waals surface area contributed by atoms with Gasteiger partial charge in [0.2, 0.25) is 0 Å². The highest BCUT2D eigenvalue weighted by Gasteiger charge is 2.31. The smallest absolute Gasteiger partial charge is 0.326 e. The SMILES string of the molecule is CCS(=O)(=O)c1cc(-c2cccc(F)c2)cnc1-c1ncc(-c2cncc(C(F)(F)F)c2)n1C.